The number of carbonyl (C=O) groups is 2. The molecule has 34 heavy (non-hydrogen) atoms. The minimum Gasteiger partial charge on any atom is -0.497 e. The first-order chi connectivity index (χ1) is 16.5. The lowest BCUT2D eigenvalue weighted by atomic mass is 9.87. The van der Waals surface area contributed by atoms with Crippen LogP contribution in [0.15, 0.2) is 42.6 Å². The number of primary amides is 1. The number of nitrogens with zero attached hydrogens (tertiary/aromatic N) is 3. The Morgan fingerprint density at radius 2 is 2.06 bits per heavy atom. The van der Waals surface area contributed by atoms with Crippen LogP contribution in [0.25, 0.3) is 15.3 Å². The molecule has 0 saturated carbocycles. The van der Waals surface area contributed by atoms with Crippen molar-refractivity contribution in [3.05, 3.63) is 53.7 Å². The molecule has 0 spiro atoms. The van der Waals surface area contributed by atoms with Gasteiger partial charge in [-0.25, -0.2) is 4.98 Å². The molecular weight excluding hydrogens is 458 g/mol. The highest BCUT2D eigenvalue weighted by atomic mass is 32.1. The number of ether oxygens (including phenoxy) is 3. The van der Waals surface area contributed by atoms with E-state index in [1.54, 1.807) is 30.1 Å². The summed E-state index contributed by atoms with van der Waals surface area (Å²) in [6.45, 7) is -0.257. The number of anilines is 1. The van der Waals surface area contributed by atoms with E-state index >= 15 is 0 Å². The van der Waals surface area contributed by atoms with Gasteiger partial charge >= 0.3 is 0 Å². The van der Waals surface area contributed by atoms with Crippen molar-refractivity contribution in [3.63, 3.8) is 0 Å². The minimum absolute atomic E-state index is 0.130. The third-order valence-corrected chi connectivity index (χ3v) is 6.54. The van der Waals surface area contributed by atoms with E-state index in [-0.39, 0.29) is 24.9 Å². The van der Waals surface area contributed by atoms with Crippen LogP contribution in [0.5, 0.6) is 17.2 Å². The van der Waals surface area contributed by atoms with Gasteiger partial charge in [-0.05, 0) is 35.9 Å². The van der Waals surface area contributed by atoms with Gasteiger partial charge in [-0.15, -0.1) is 0 Å². The Morgan fingerprint density at radius 3 is 2.82 bits per heavy atom. The van der Waals surface area contributed by atoms with Gasteiger partial charge < -0.3 is 25.3 Å². The molecule has 11 heteroatoms. The molecule has 174 valence electrons. The van der Waals surface area contributed by atoms with Crippen molar-refractivity contribution in [1.29, 1.82) is 0 Å². The van der Waals surface area contributed by atoms with E-state index in [0.717, 1.165) is 27.1 Å². The first kappa shape index (κ1) is 21.7. The zero-order valence-corrected chi connectivity index (χ0v) is 19.2. The van der Waals surface area contributed by atoms with Crippen LogP contribution < -0.4 is 25.3 Å². The Bertz CT molecular complexity index is 1410. The molecule has 1 aliphatic heterocycles. The molecule has 2 aromatic heterocycles. The zero-order chi connectivity index (χ0) is 23.8. The van der Waals surface area contributed by atoms with Crippen LogP contribution in [0.1, 0.15) is 23.5 Å². The Labute approximate surface area is 198 Å². The molecular formula is C23H21N5O5S. The normalized spacial score (nSPS) is 15.0. The number of nitrogens with one attached hydrogen (secondary N) is 1. The number of thiazole rings is 1. The highest BCUT2D eigenvalue weighted by molar-refractivity contribution is 7.20. The highest BCUT2D eigenvalue weighted by Crippen LogP contribution is 2.41. The van der Waals surface area contributed by atoms with Crippen molar-refractivity contribution in [2.45, 2.75) is 12.3 Å². The monoisotopic (exact) mass is 479 g/mol. The van der Waals surface area contributed by atoms with Gasteiger partial charge in [0, 0.05) is 17.9 Å². The van der Waals surface area contributed by atoms with Crippen LogP contribution in [0.3, 0.4) is 0 Å². The van der Waals surface area contributed by atoms with E-state index in [1.807, 2.05) is 24.3 Å². The first-order valence-corrected chi connectivity index (χ1v) is 11.2. The maximum atomic E-state index is 12.7. The lowest BCUT2D eigenvalue weighted by molar-refractivity contribution is -0.120. The van der Waals surface area contributed by atoms with Crippen molar-refractivity contribution in [2.75, 3.05) is 26.1 Å². The molecule has 2 aromatic carbocycles. The SMILES string of the molecule is COc1ccc2nc(-n3ncc4c3NC(=O)CC4c3ccc(OCC(N)=O)c(OC)c3)sc2c1. The summed E-state index contributed by atoms with van der Waals surface area (Å²) in [6.07, 6.45) is 2.00. The number of amides is 2. The number of rotatable bonds is 7. The van der Waals surface area contributed by atoms with Crippen LogP contribution in [0, 0.1) is 0 Å². The average Bonchev–Trinajstić information content (AvgIpc) is 3.45. The number of hydrogen-bond donors (Lipinski definition) is 2. The standard InChI is InChI=1S/C23H21N5O5S/c1-31-13-4-5-16-19(8-13)34-23(26-16)28-22-15(10-25-28)14(9-21(30)27-22)12-3-6-17(18(7-12)32-2)33-11-20(24)29/h3-8,10,14H,9,11H2,1-2H3,(H2,24,29)(H,27,30). The van der Waals surface area contributed by atoms with Gasteiger partial charge in [0.05, 0.1) is 30.6 Å². The van der Waals surface area contributed by atoms with Gasteiger partial charge in [-0.1, -0.05) is 17.4 Å². The van der Waals surface area contributed by atoms with E-state index in [4.69, 9.17) is 19.9 Å². The lowest BCUT2D eigenvalue weighted by Gasteiger charge is -2.24. The van der Waals surface area contributed by atoms with Crippen LogP contribution >= 0.6 is 11.3 Å². The van der Waals surface area contributed by atoms with E-state index in [1.165, 1.54) is 18.4 Å². The Hall–Kier alpha value is -4.12. The number of carbonyl (C=O) groups excluding carboxylic acids is 2. The van der Waals surface area contributed by atoms with E-state index < -0.39 is 5.91 Å². The van der Waals surface area contributed by atoms with Crippen LogP contribution in [-0.2, 0) is 9.59 Å². The molecule has 3 N–H and O–H groups in total. The van der Waals surface area contributed by atoms with Gasteiger partial charge in [0.1, 0.15) is 11.6 Å². The van der Waals surface area contributed by atoms with E-state index in [0.29, 0.717) is 22.4 Å². The third kappa shape index (κ3) is 3.90. The lowest BCUT2D eigenvalue weighted by Crippen LogP contribution is -2.24. The second kappa shape index (κ2) is 8.67. The molecule has 0 fully saturated rings. The summed E-state index contributed by atoms with van der Waals surface area (Å²) in [5.74, 6) is 1.21. The zero-order valence-electron chi connectivity index (χ0n) is 18.4. The molecule has 4 aromatic rings. The second-order valence-corrected chi connectivity index (χ2v) is 8.67. The number of fused-ring (bicyclic) bond motifs is 2. The summed E-state index contributed by atoms with van der Waals surface area (Å²) < 4.78 is 18.8. The maximum absolute atomic E-state index is 12.7. The predicted molar refractivity (Wildman–Crippen MR) is 126 cm³/mol. The molecule has 1 aliphatic rings. The van der Waals surface area contributed by atoms with Gasteiger partial charge in [-0.2, -0.15) is 9.78 Å². The van der Waals surface area contributed by atoms with Crippen molar-refractivity contribution < 1.29 is 23.8 Å². The second-order valence-electron chi connectivity index (χ2n) is 7.66. The summed E-state index contributed by atoms with van der Waals surface area (Å²) in [4.78, 5) is 28.4. The number of methoxy groups -OCH3 is 2. The fourth-order valence-corrected chi connectivity index (χ4v) is 4.90. The maximum Gasteiger partial charge on any atom is 0.255 e. The van der Waals surface area contributed by atoms with Crippen molar-refractivity contribution in [2.24, 2.45) is 5.73 Å². The van der Waals surface area contributed by atoms with Gasteiger partial charge in [-0.3, -0.25) is 9.59 Å². The summed E-state index contributed by atoms with van der Waals surface area (Å²) in [7, 11) is 3.13. The molecule has 3 heterocycles. The summed E-state index contributed by atoms with van der Waals surface area (Å²) in [5, 5.41) is 8.12. The average molecular weight is 480 g/mol. The van der Waals surface area contributed by atoms with Gasteiger partial charge in [0.2, 0.25) is 11.0 Å². The molecule has 5 rings (SSSR count). The fourth-order valence-electron chi connectivity index (χ4n) is 3.94. The summed E-state index contributed by atoms with van der Waals surface area (Å²) in [6, 6.07) is 11.0. The van der Waals surface area contributed by atoms with Crippen molar-refractivity contribution >= 4 is 39.2 Å². The molecule has 2 amide bonds. The summed E-state index contributed by atoms with van der Waals surface area (Å²) >= 11 is 1.46. The molecule has 0 aliphatic carbocycles. The van der Waals surface area contributed by atoms with E-state index in [9.17, 15) is 9.59 Å². The van der Waals surface area contributed by atoms with Crippen LogP contribution in [-0.4, -0.2) is 47.4 Å². The predicted octanol–water partition coefficient (Wildman–Crippen LogP) is 2.84. The van der Waals surface area contributed by atoms with Gasteiger partial charge in [0.15, 0.2) is 18.1 Å². The molecule has 0 bridgehead atoms. The van der Waals surface area contributed by atoms with Crippen molar-refractivity contribution in [3.8, 4) is 22.4 Å². The van der Waals surface area contributed by atoms with Crippen LogP contribution in [0.2, 0.25) is 0 Å². The molecule has 1 atom stereocenters. The smallest absolute Gasteiger partial charge is 0.255 e. The Kier molecular flexibility index (Phi) is 5.54. The highest BCUT2D eigenvalue weighted by Gasteiger charge is 2.31. The van der Waals surface area contributed by atoms with Crippen LogP contribution in [0.4, 0.5) is 5.82 Å². The summed E-state index contributed by atoms with van der Waals surface area (Å²) in [5.41, 5.74) is 7.71. The number of benzene rings is 2. The largest absolute Gasteiger partial charge is 0.497 e. The van der Waals surface area contributed by atoms with Gasteiger partial charge in [0.25, 0.3) is 5.91 Å². The number of hydrogen-bond acceptors (Lipinski definition) is 8. The minimum atomic E-state index is -0.583. The molecule has 0 saturated heterocycles. The number of aromatic nitrogens is 3. The molecule has 0 radical (unpaired) electrons. The number of nitrogens with two attached hydrogens (primary N) is 1. The molecule has 1 unspecified atom stereocenters. The quantitative estimate of drug-likeness (QED) is 0.417. The fraction of sp³-hybridized carbons (Fsp3) is 0.217. The van der Waals surface area contributed by atoms with Crippen molar-refractivity contribution in [1.82, 2.24) is 14.8 Å². The Balaban J connectivity index is 1.52. The molecule has 10 nitrogen and oxygen atoms in total. The Morgan fingerprint density at radius 1 is 1.21 bits per heavy atom. The topological polar surface area (TPSA) is 131 Å². The first-order valence-electron chi connectivity index (χ1n) is 10.4. The third-order valence-electron chi connectivity index (χ3n) is 5.55. The van der Waals surface area contributed by atoms with E-state index in [2.05, 4.69) is 15.4 Å².